The molecule has 1 aromatic carbocycles. The zero-order valence-corrected chi connectivity index (χ0v) is 12.8. The molecule has 4 nitrogen and oxygen atoms in total. The van der Waals surface area contributed by atoms with Gasteiger partial charge in [0.05, 0.1) is 16.9 Å². The first-order chi connectivity index (χ1) is 8.85. The van der Waals surface area contributed by atoms with Gasteiger partial charge in [-0.05, 0) is 38.5 Å². The largest absolute Gasteiger partial charge is 0.379 e. The minimum absolute atomic E-state index is 0.321. The quantitative estimate of drug-likeness (QED) is 0.800. The summed E-state index contributed by atoms with van der Waals surface area (Å²) in [5.74, 6) is -0.891. The Balaban J connectivity index is 2.26. The van der Waals surface area contributed by atoms with E-state index in [1.807, 2.05) is 13.8 Å². The Kier molecular flexibility index (Phi) is 3.78. The van der Waals surface area contributed by atoms with E-state index in [-0.39, 0.29) is 5.60 Å². The summed E-state index contributed by atoms with van der Waals surface area (Å²) in [6, 6.07) is 5.26. The van der Waals surface area contributed by atoms with Crippen LogP contribution in [0.25, 0.3) is 0 Å². The van der Waals surface area contributed by atoms with Crippen molar-refractivity contribution in [2.75, 3.05) is 18.6 Å². The van der Waals surface area contributed by atoms with Crippen LogP contribution in [-0.2, 0) is 9.53 Å². The average Bonchev–Trinajstić information content (AvgIpc) is 2.60. The Hall–Kier alpha value is -1.20. The van der Waals surface area contributed by atoms with Crippen LogP contribution < -0.4 is 4.90 Å². The molecule has 0 atom stereocenters. The van der Waals surface area contributed by atoms with E-state index in [1.165, 1.54) is 4.90 Å². The molecule has 1 heterocycles. The summed E-state index contributed by atoms with van der Waals surface area (Å²) in [4.78, 5) is 25.4. The Morgan fingerprint density at radius 1 is 1.32 bits per heavy atom. The molecule has 0 aliphatic carbocycles. The van der Waals surface area contributed by atoms with Gasteiger partial charge < -0.3 is 9.64 Å². The van der Waals surface area contributed by atoms with Gasteiger partial charge in [-0.15, -0.1) is 0 Å². The maximum atomic E-state index is 12.0. The van der Waals surface area contributed by atoms with Gasteiger partial charge in [-0.2, -0.15) is 0 Å². The molecule has 102 valence electrons. The lowest BCUT2D eigenvalue weighted by molar-refractivity contribution is -0.114. The van der Waals surface area contributed by atoms with Crippen molar-refractivity contribution in [2.24, 2.45) is 0 Å². The number of ether oxygens (including phenoxy) is 1. The second-order valence-electron chi connectivity index (χ2n) is 5.16. The maximum Gasteiger partial charge on any atom is 0.299 e. The van der Waals surface area contributed by atoms with Crippen LogP contribution in [0.4, 0.5) is 5.69 Å². The van der Waals surface area contributed by atoms with Crippen LogP contribution in [0.5, 0.6) is 0 Å². The molecule has 0 unspecified atom stereocenters. The molecule has 1 aromatic rings. The van der Waals surface area contributed by atoms with Gasteiger partial charge in [-0.25, -0.2) is 0 Å². The van der Waals surface area contributed by atoms with E-state index in [0.29, 0.717) is 24.2 Å². The van der Waals surface area contributed by atoms with E-state index < -0.39 is 11.7 Å². The van der Waals surface area contributed by atoms with Crippen LogP contribution in [-0.4, -0.2) is 30.9 Å². The molecule has 0 fully saturated rings. The van der Waals surface area contributed by atoms with Crippen molar-refractivity contribution >= 4 is 33.3 Å². The molecule has 0 saturated heterocycles. The summed E-state index contributed by atoms with van der Waals surface area (Å²) in [6.07, 6.45) is 0.661. The molecule has 0 spiro atoms. The molecule has 0 radical (unpaired) electrons. The Bertz CT molecular complexity index is 539. The summed E-state index contributed by atoms with van der Waals surface area (Å²) in [6.45, 7) is 4.38. The third kappa shape index (κ3) is 2.72. The number of ketones is 1. The van der Waals surface area contributed by atoms with Gasteiger partial charge in [0, 0.05) is 18.1 Å². The zero-order chi connectivity index (χ0) is 14.2. The van der Waals surface area contributed by atoms with E-state index in [4.69, 9.17) is 4.74 Å². The van der Waals surface area contributed by atoms with Gasteiger partial charge in [-0.1, -0.05) is 15.9 Å². The highest BCUT2D eigenvalue weighted by Gasteiger charge is 2.36. The van der Waals surface area contributed by atoms with E-state index in [2.05, 4.69) is 15.9 Å². The normalized spacial score (nSPS) is 15.1. The fourth-order valence-electron chi connectivity index (χ4n) is 1.97. The second kappa shape index (κ2) is 5.06. The molecule has 1 aliphatic rings. The predicted octanol–water partition coefficient (Wildman–Crippen LogP) is 2.79. The molecule has 0 aromatic heterocycles. The molecule has 0 bridgehead atoms. The Morgan fingerprint density at radius 3 is 2.63 bits per heavy atom. The number of nitrogens with zero attached hydrogens (tertiary/aromatic N) is 1. The van der Waals surface area contributed by atoms with Crippen molar-refractivity contribution in [1.82, 2.24) is 0 Å². The summed E-state index contributed by atoms with van der Waals surface area (Å²) >= 11 is 3.36. The lowest BCUT2D eigenvalue weighted by Gasteiger charge is -2.26. The minimum Gasteiger partial charge on any atom is -0.379 e. The van der Waals surface area contributed by atoms with E-state index in [9.17, 15) is 9.59 Å². The van der Waals surface area contributed by atoms with Gasteiger partial charge in [0.1, 0.15) is 0 Å². The molecular formula is C14H16BrNO3. The van der Waals surface area contributed by atoms with E-state index >= 15 is 0 Å². The topological polar surface area (TPSA) is 46.6 Å². The van der Waals surface area contributed by atoms with Gasteiger partial charge in [-0.3, -0.25) is 9.59 Å². The third-order valence-electron chi connectivity index (χ3n) is 3.42. The number of rotatable bonds is 4. The van der Waals surface area contributed by atoms with Crippen molar-refractivity contribution < 1.29 is 14.3 Å². The number of anilines is 1. The Morgan fingerprint density at radius 2 is 2.00 bits per heavy atom. The number of Topliss-reactive ketones (excluding diaryl/α,β-unsaturated/α-hetero) is 1. The van der Waals surface area contributed by atoms with Gasteiger partial charge in [0.25, 0.3) is 11.7 Å². The summed E-state index contributed by atoms with van der Waals surface area (Å²) in [7, 11) is 1.64. The van der Waals surface area contributed by atoms with Crippen LogP contribution >= 0.6 is 15.9 Å². The standard InChI is InChI=1S/C14H16BrNO3/c1-14(2,19-3)6-7-16-11-8-9(15)4-5-10(11)12(17)13(16)18/h4-5,8H,6-7H2,1-3H3. The van der Waals surface area contributed by atoms with Crippen molar-refractivity contribution in [3.8, 4) is 0 Å². The predicted molar refractivity (Wildman–Crippen MR) is 76.5 cm³/mol. The fourth-order valence-corrected chi connectivity index (χ4v) is 2.32. The zero-order valence-electron chi connectivity index (χ0n) is 11.2. The van der Waals surface area contributed by atoms with Crippen molar-refractivity contribution in [1.29, 1.82) is 0 Å². The Labute approximate surface area is 120 Å². The number of hydrogen-bond donors (Lipinski definition) is 0. The second-order valence-corrected chi connectivity index (χ2v) is 6.08. The first kappa shape index (κ1) is 14.2. The molecule has 2 rings (SSSR count). The number of carbonyl (C=O) groups is 2. The number of amides is 1. The number of methoxy groups -OCH3 is 1. The van der Waals surface area contributed by atoms with Gasteiger partial charge >= 0.3 is 0 Å². The molecular weight excluding hydrogens is 310 g/mol. The van der Waals surface area contributed by atoms with E-state index in [1.54, 1.807) is 25.3 Å². The van der Waals surface area contributed by atoms with Crippen LogP contribution in [0.1, 0.15) is 30.6 Å². The minimum atomic E-state index is -0.458. The maximum absolute atomic E-state index is 12.0. The highest BCUT2D eigenvalue weighted by molar-refractivity contribution is 9.10. The summed E-state index contributed by atoms with van der Waals surface area (Å²) in [5, 5.41) is 0. The molecule has 1 aliphatic heterocycles. The lowest BCUT2D eigenvalue weighted by Crippen LogP contribution is -2.35. The van der Waals surface area contributed by atoms with Gasteiger partial charge in [0.15, 0.2) is 0 Å². The third-order valence-corrected chi connectivity index (χ3v) is 3.92. The smallest absolute Gasteiger partial charge is 0.299 e. The van der Waals surface area contributed by atoms with Crippen molar-refractivity contribution in [3.63, 3.8) is 0 Å². The van der Waals surface area contributed by atoms with Crippen LogP contribution in [0, 0.1) is 0 Å². The SMILES string of the molecule is COC(C)(C)CCN1C(=O)C(=O)c2ccc(Br)cc21. The fraction of sp³-hybridized carbons (Fsp3) is 0.429. The molecule has 0 saturated carbocycles. The lowest BCUT2D eigenvalue weighted by atomic mass is 10.1. The van der Waals surface area contributed by atoms with E-state index in [0.717, 1.165) is 4.47 Å². The highest BCUT2D eigenvalue weighted by Crippen LogP contribution is 2.32. The summed E-state index contributed by atoms with van der Waals surface area (Å²) < 4.78 is 6.19. The number of fused-ring (bicyclic) bond motifs is 1. The first-order valence-corrected chi connectivity index (χ1v) is 6.86. The summed E-state index contributed by atoms with van der Waals surface area (Å²) in [5.41, 5.74) is 0.831. The van der Waals surface area contributed by atoms with Crippen LogP contribution in [0.2, 0.25) is 0 Å². The van der Waals surface area contributed by atoms with Crippen LogP contribution in [0.15, 0.2) is 22.7 Å². The molecule has 19 heavy (non-hydrogen) atoms. The number of hydrogen-bond acceptors (Lipinski definition) is 3. The first-order valence-electron chi connectivity index (χ1n) is 6.06. The number of carbonyl (C=O) groups excluding carboxylic acids is 2. The average molecular weight is 326 g/mol. The van der Waals surface area contributed by atoms with Crippen LogP contribution in [0.3, 0.4) is 0 Å². The van der Waals surface area contributed by atoms with Crippen molar-refractivity contribution in [3.05, 3.63) is 28.2 Å². The highest BCUT2D eigenvalue weighted by atomic mass is 79.9. The number of halogens is 1. The molecule has 0 N–H and O–H groups in total. The molecule has 5 heteroatoms. The monoisotopic (exact) mass is 325 g/mol. The molecule has 1 amide bonds. The number of benzene rings is 1. The van der Waals surface area contributed by atoms with Crippen molar-refractivity contribution in [2.45, 2.75) is 25.9 Å². The van der Waals surface area contributed by atoms with Gasteiger partial charge in [0.2, 0.25) is 0 Å².